The number of ether oxygens (including phenoxy) is 1. The number of hydrogen-bond acceptors (Lipinski definition) is 3. The number of carboxylic acid groups (broad SMARTS) is 1. The van der Waals surface area contributed by atoms with E-state index in [0.29, 0.717) is 17.6 Å². The minimum Gasteiger partial charge on any atom is -0.494 e. The summed E-state index contributed by atoms with van der Waals surface area (Å²) in [5.74, 6) is -1.63. The number of carboxylic acids is 1. The van der Waals surface area contributed by atoms with Gasteiger partial charge in [0.2, 0.25) is 5.43 Å². The van der Waals surface area contributed by atoms with Crippen LogP contribution in [0.15, 0.2) is 17.1 Å². The Balaban J connectivity index is 2.72. The molecule has 1 N–H and O–H groups in total. The highest BCUT2D eigenvalue weighted by Gasteiger charge is 2.20. The third-order valence-electron chi connectivity index (χ3n) is 4.19. The minimum absolute atomic E-state index is 0.0327. The molecule has 24 heavy (non-hydrogen) atoms. The van der Waals surface area contributed by atoms with Gasteiger partial charge in [-0.05, 0) is 19.4 Å². The van der Waals surface area contributed by atoms with E-state index < -0.39 is 17.2 Å². The number of methoxy groups -OCH3 is 1. The van der Waals surface area contributed by atoms with E-state index in [4.69, 9.17) is 4.74 Å². The lowest BCUT2D eigenvalue weighted by molar-refractivity contribution is 0.0694. The van der Waals surface area contributed by atoms with Gasteiger partial charge >= 0.3 is 5.97 Å². The van der Waals surface area contributed by atoms with E-state index in [0.717, 1.165) is 31.7 Å². The van der Waals surface area contributed by atoms with Crippen molar-refractivity contribution in [1.82, 2.24) is 4.57 Å². The van der Waals surface area contributed by atoms with E-state index in [2.05, 4.69) is 6.92 Å². The topological polar surface area (TPSA) is 68.5 Å². The van der Waals surface area contributed by atoms with Gasteiger partial charge in [-0.25, -0.2) is 9.18 Å². The van der Waals surface area contributed by atoms with Crippen molar-refractivity contribution >= 4 is 16.9 Å². The molecule has 2 rings (SSSR count). The summed E-state index contributed by atoms with van der Waals surface area (Å²) in [6.07, 6.45) is 5.33. The second kappa shape index (κ2) is 7.47. The molecule has 5 nitrogen and oxygen atoms in total. The highest BCUT2D eigenvalue weighted by atomic mass is 19.1. The van der Waals surface area contributed by atoms with Crippen LogP contribution in [-0.4, -0.2) is 22.8 Å². The van der Waals surface area contributed by atoms with Crippen molar-refractivity contribution in [2.24, 2.45) is 0 Å². The van der Waals surface area contributed by atoms with Gasteiger partial charge in [0.25, 0.3) is 0 Å². The van der Waals surface area contributed by atoms with Crippen LogP contribution in [0, 0.1) is 12.7 Å². The van der Waals surface area contributed by atoms with Gasteiger partial charge in [0.05, 0.1) is 18.0 Å². The number of nitrogens with zero attached hydrogens (tertiary/aromatic N) is 1. The average Bonchev–Trinajstić information content (AvgIpc) is 2.55. The number of aromatic carboxylic acids is 1. The Labute approximate surface area is 139 Å². The summed E-state index contributed by atoms with van der Waals surface area (Å²) >= 11 is 0. The van der Waals surface area contributed by atoms with Gasteiger partial charge in [-0.3, -0.25) is 4.79 Å². The molecule has 1 heterocycles. The molecule has 0 aliphatic heterocycles. The fourth-order valence-electron chi connectivity index (χ4n) is 2.88. The summed E-state index contributed by atoms with van der Waals surface area (Å²) < 4.78 is 21.1. The Morgan fingerprint density at radius 1 is 1.33 bits per heavy atom. The summed E-state index contributed by atoms with van der Waals surface area (Å²) in [5.41, 5.74) is -0.305. The van der Waals surface area contributed by atoms with Gasteiger partial charge in [-0.1, -0.05) is 26.2 Å². The summed E-state index contributed by atoms with van der Waals surface area (Å²) in [6.45, 7) is 4.22. The summed E-state index contributed by atoms with van der Waals surface area (Å²) in [7, 11) is 1.41. The summed E-state index contributed by atoms with van der Waals surface area (Å²) in [6, 6.07) is 1.10. The van der Waals surface area contributed by atoms with Crippen molar-refractivity contribution in [1.29, 1.82) is 0 Å². The zero-order valence-electron chi connectivity index (χ0n) is 14.2. The van der Waals surface area contributed by atoms with Gasteiger partial charge in [-0.15, -0.1) is 0 Å². The van der Waals surface area contributed by atoms with Crippen molar-refractivity contribution in [2.75, 3.05) is 7.11 Å². The monoisotopic (exact) mass is 335 g/mol. The smallest absolute Gasteiger partial charge is 0.341 e. The van der Waals surface area contributed by atoms with E-state index in [1.54, 1.807) is 11.5 Å². The number of halogens is 1. The van der Waals surface area contributed by atoms with E-state index in [9.17, 15) is 19.1 Å². The van der Waals surface area contributed by atoms with Gasteiger partial charge in [0.15, 0.2) is 0 Å². The molecule has 1 aromatic heterocycles. The molecule has 0 amide bonds. The first-order valence-electron chi connectivity index (χ1n) is 8.05. The molecule has 0 spiro atoms. The summed E-state index contributed by atoms with van der Waals surface area (Å²) in [5, 5.41) is 9.30. The summed E-state index contributed by atoms with van der Waals surface area (Å²) in [4.78, 5) is 23.8. The maximum atomic E-state index is 14.1. The van der Waals surface area contributed by atoms with Gasteiger partial charge in [0.1, 0.15) is 17.1 Å². The molecule has 0 radical (unpaired) electrons. The quantitative estimate of drug-likeness (QED) is 0.783. The molecule has 1 aromatic carbocycles. The van der Waals surface area contributed by atoms with Crippen LogP contribution < -0.4 is 10.2 Å². The fourth-order valence-corrected chi connectivity index (χ4v) is 2.88. The molecule has 0 aliphatic carbocycles. The predicted octanol–water partition coefficient (Wildman–Crippen LogP) is 3.74. The number of hydrogen-bond donors (Lipinski definition) is 1. The van der Waals surface area contributed by atoms with Crippen molar-refractivity contribution in [3.8, 4) is 5.75 Å². The molecule has 0 unspecified atom stereocenters. The lowest BCUT2D eigenvalue weighted by Crippen LogP contribution is -2.20. The van der Waals surface area contributed by atoms with Crippen molar-refractivity contribution in [3.63, 3.8) is 0 Å². The number of carbonyl (C=O) groups is 1. The molecule has 2 aromatic rings. The second-order valence-corrected chi connectivity index (χ2v) is 5.84. The van der Waals surface area contributed by atoms with Crippen molar-refractivity contribution in [3.05, 3.63) is 39.4 Å². The largest absolute Gasteiger partial charge is 0.494 e. The number of aromatic nitrogens is 1. The Kier molecular flexibility index (Phi) is 5.59. The molecule has 0 bridgehead atoms. The van der Waals surface area contributed by atoms with Crippen LogP contribution in [0.1, 0.15) is 48.5 Å². The van der Waals surface area contributed by atoms with Gasteiger partial charge < -0.3 is 14.4 Å². The van der Waals surface area contributed by atoms with Gasteiger partial charge in [0, 0.05) is 18.3 Å². The number of unbranched alkanes of at least 4 members (excludes halogenated alkanes) is 3. The number of pyridine rings is 1. The first kappa shape index (κ1) is 18.0. The first-order valence-corrected chi connectivity index (χ1v) is 8.05. The average molecular weight is 335 g/mol. The molecular weight excluding hydrogens is 313 g/mol. The highest BCUT2D eigenvalue weighted by molar-refractivity contribution is 5.94. The van der Waals surface area contributed by atoms with E-state index in [-0.39, 0.29) is 16.7 Å². The molecule has 130 valence electrons. The lowest BCUT2D eigenvalue weighted by Gasteiger charge is -2.17. The van der Waals surface area contributed by atoms with E-state index in [1.807, 2.05) is 0 Å². The Bertz CT molecular complexity index is 826. The van der Waals surface area contributed by atoms with Crippen LogP contribution in [0.4, 0.5) is 4.39 Å². The zero-order chi connectivity index (χ0) is 17.9. The molecule has 0 aliphatic rings. The zero-order valence-corrected chi connectivity index (χ0v) is 14.2. The molecule has 0 saturated carbocycles. The second-order valence-electron chi connectivity index (χ2n) is 5.84. The Morgan fingerprint density at radius 3 is 2.62 bits per heavy atom. The maximum Gasteiger partial charge on any atom is 0.341 e. The number of benzene rings is 1. The molecule has 6 heteroatoms. The fraction of sp³-hybridized carbons (Fsp3) is 0.444. The number of fused-ring (bicyclic) bond motifs is 1. The SMILES string of the molecule is CCCCCCn1cc(C(=O)O)c(=O)c2cc(F)c(C)c(OC)c21. The van der Waals surface area contributed by atoms with Crippen LogP contribution in [0.5, 0.6) is 5.75 Å². The molecule has 0 atom stereocenters. The number of aryl methyl sites for hydroxylation is 1. The maximum absolute atomic E-state index is 14.1. The Morgan fingerprint density at radius 2 is 2.04 bits per heavy atom. The van der Waals surface area contributed by atoms with Gasteiger partial charge in [-0.2, -0.15) is 0 Å². The molecular formula is C18H22FNO4. The standard InChI is InChI=1S/C18H22FNO4/c1-4-5-6-7-8-20-10-13(18(22)23)16(21)12-9-14(19)11(2)17(24-3)15(12)20/h9-10H,4-8H2,1-3H3,(H,22,23). The van der Waals surface area contributed by atoms with E-state index in [1.165, 1.54) is 13.3 Å². The normalized spacial score (nSPS) is 11.0. The first-order chi connectivity index (χ1) is 11.4. The van der Waals surface area contributed by atoms with Crippen LogP contribution >= 0.6 is 0 Å². The third-order valence-corrected chi connectivity index (χ3v) is 4.19. The van der Waals surface area contributed by atoms with Crippen molar-refractivity contribution < 1.29 is 19.0 Å². The third kappa shape index (κ3) is 3.27. The van der Waals surface area contributed by atoms with Crippen molar-refractivity contribution in [2.45, 2.75) is 46.1 Å². The minimum atomic E-state index is -1.32. The van der Waals surface area contributed by atoms with Crippen LogP contribution in [0.3, 0.4) is 0 Å². The predicted molar refractivity (Wildman–Crippen MR) is 90.6 cm³/mol. The Hall–Kier alpha value is -2.37. The highest BCUT2D eigenvalue weighted by Crippen LogP contribution is 2.30. The molecule has 0 saturated heterocycles. The molecule has 0 fully saturated rings. The van der Waals surface area contributed by atoms with Crippen LogP contribution in [0.25, 0.3) is 10.9 Å². The van der Waals surface area contributed by atoms with Crippen LogP contribution in [-0.2, 0) is 6.54 Å². The lowest BCUT2D eigenvalue weighted by atomic mass is 10.1. The van der Waals surface area contributed by atoms with Crippen LogP contribution in [0.2, 0.25) is 0 Å². The van der Waals surface area contributed by atoms with E-state index >= 15 is 0 Å². The number of rotatable bonds is 7.